The van der Waals surface area contributed by atoms with Crippen molar-refractivity contribution in [1.82, 2.24) is 9.55 Å². The molecular weight excluding hydrogens is 358 g/mol. The van der Waals surface area contributed by atoms with Crippen LogP contribution in [0, 0.1) is 6.92 Å². The lowest BCUT2D eigenvalue weighted by Gasteiger charge is -2.13. The highest BCUT2D eigenvalue weighted by Crippen LogP contribution is 2.16. The molecule has 1 amide bonds. The summed E-state index contributed by atoms with van der Waals surface area (Å²) in [6.45, 7) is 1.55. The zero-order valence-corrected chi connectivity index (χ0v) is 15.5. The zero-order valence-electron chi connectivity index (χ0n) is 15.5. The molecule has 0 radical (unpaired) electrons. The van der Waals surface area contributed by atoms with Crippen molar-refractivity contribution >= 4 is 17.6 Å². The number of hydrogen-bond donors (Lipinski definition) is 1. The van der Waals surface area contributed by atoms with Crippen molar-refractivity contribution in [3.8, 4) is 11.4 Å². The van der Waals surface area contributed by atoms with Gasteiger partial charge in [-0.15, -0.1) is 0 Å². The molecule has 7 heteroatoms. The van der Waals surface area contributed by atoms with Crippen LogP contribution in [0.5, 0.6) is 0 Å². The summed E-state index contributed by atoms with van der Waals surface area (Å²) in [5.41, 5.74) is 1.91. The van der Waals surface area contributed by atoms with E-state index in [0.717, 1.165) is 5.56 Å². The standard InChI is InChI=1S/C21H19N3O4/c1-14-12-19(26)24(20(22-14)15-6-4-3-5-7-15)13-18(25)23-17-10-8-16(9-11-17)21(27)28-2/h3-12H,13H2,1-2H3,(H,23,25). The number of nitrogens with one attached hydrogen (secondary N) is 1. The smallest absolute Gasteiger partial charge is 0.337 e. The number of carbonyl (C=O) groups excluding carboxylic acids is 2. The molecule has 0 aliphatic rings. The molecule has 7 nitrogen and oxygen atoms in total. The SMILES string of the molecule is COC(=O)c1ccc(NC(=O)Cn2c(-c3ccccc3)nc(C)cc2=O)cc1. The summed E-state index contributed by atoms with van der Waals surface area (Å²) in [4.78, 5) is 40.9. The average molecular weight is 377 g/mol. The normalized spacial score (nSPS) is 10.4. The number of ether oxygens (including phenoxy) is 1. The van der Waals surface area contributed by atoms with Gasteiger partial charge in [0.25, 0.3) is 5.56 Å². The van der Waals surface area contributed by atoms with Crippen molar-refractivity contribution in [2.45, 2.75) is 13.5 Å². The van der Waals surface area contributed by atoms with E-state index in [1.54, 1.807) is 31.2 Å². The predicted molar refractivity (Wildman–Crippen MR) is 105 cm³/mol. The van der Waals surface area contributed by atoms with Crippen molar-refractivity contribution in [2.75, 3.05) is 12.4 Å². The van der Waals surface area contributed by atoms with Crippen molar-refractivity contribution in [1.29, 1.82) is 0 Å². The topological polar surface area (TPSA) is 90.3 Å². The van der Waals surface area contributed by atoms with Gasteiger partial charge < -0.3 is 10.1 Å². The fourth-order valence-corrected chi connectivity index (χ4v) is 2.73. The Morgan fingerprint density at radius 2 is 1.75 bits per heavy atom. The molecule has 0 aliphatic carbocycles. The van der Waals surface area contributed by atoms with E-state index in [0.29, 0.717) is 22.8 Å². The Hall–Kier alpha value is -3.74. The fourth-order valence-electron chi connectivity index (χ4n) is 2.73. The van der Waals surface area contributed by atoms with Crippen LogP contribution >= 0.6 is 0 Å². The summed E-state index contributed by atoms with van der Waals surface area (Å²) in [5.74, 6) is -0.403. The molecule has 28 heavy (non-hydrogen) atoms. The third-order valence-electron chi connectivity index (χ3n) is 4.06. The van der Waals surface area contributed by atoms with E-state index < -0.39 is 5.97 Å². The number of carbonyl (C=O) groups is 2. The lowest BCUT2D eigenvalue weighted by Crippen LogP contribution is -2.29. The number of aryl methyl sites for hydroxylation is 1. The molecule has 1 aromatic heterocycles. The van der Waals surface area contributed by atoms with Gasteiger partial charge in [0.15, 0.2) is 0 Å². The zero-order chi connectivity index (χ0) is 20.1. The molecule has 0 bridgehead atoms. The number of esters is 1. The number of rotatable bonds is 5. The highest BCUT2D eigenvalue weighted by atomic mass is 16.5. The summed E-state index contributed by atoms with van der Waals surface area (Å²) in [6.07, 6.45) is 0. The lowest BCUT2D eigenvalue weighted by atomic mass is 10.2. The van der Waals surface area contributed by atoms with Crippen molar-refractivity contribution in [3.63, 3.8) is 0 Å². The van der Waals surface area contributed by atoms with E-state index in [-0.39, 0.29) is 18.0 Å². The Morgan fingerprint density at radius 3 is 2.39 bits per heavy atom. The van der Waals surface area contributed by atoms with Gasteiger partial charge in [0, 0.05) is 23.0 Å². The monoisotopic (exact) mass is 377 g/mol. The van der Waals surface area contributed by atoms with Crippen LogP contribution in [0.25, 0.3) is 11.4 Å². The maximum atomic E-state index is 12.5. The van der Waals surface area contributed by atoms with Crippen molar-refractivity contribution < 1.29 is 14.3 Å². The van der Waals surface area contributed by atoms with E-state index in [2.05, 4.69) is 15.0 Å². The fraction of sp³-hybridized carbons (Fsp3) is 0.143. The van der Waals surface area contributed by atoms with Gasteiger partial charge in [-0.05, 0) is 31.2 Å². The van der Waals surface area contributed by atoms with Gasteiger partial charge in [-0.1, -0.05) is 30.3 Å². The van der Waals surface area contributed by atoms with Gasteiger partial charge in [-0.2, -0.15) is 0 Å². The molecule has 142 valence electrons. The van der Waals surface area contributed by atoms with E-state index in [1.807, 2.05) is 30.3 Å². The van der Waals surface area contributed by atoms with Gasteiger partial charge >= 0.3 is 5.97 Å². The number of aromatic nitrogens is 2. The van der Waals surface area contributed by atoms with Crippen LogP contribution in [-0.2, 0) is 16.1 Å². The van der Waals surface area contributed by atoms with Crippen LogP contribution in [0.4, 0.5) is 5.69 Å². The summed E-state index contributed by atoms with van der Waals surface area (Å²) in [6, 6.07) is 16.9. The minimum atomic E-state index is -0.456. The molecule has 1 N–H and O–H groups in total. The van der Waals surface area contributed by atoms with Crippen LogP contribution in [-0.4, -0.2) is 28.5 Å². The molecule has 3 rings (SSSR count). The van der Waals surface area contributed by atoms with Crippen LogP contribution in [0.1, 0.15) is 16.1 Å². The molecule has 0 saturated carbocycles. The second kappa shape index (κ2) is 8.30. The first-order valence-electron chi connectivity index (χ1n) is 8.60. The first kappa shape index (κ1) is 19.0. The van der Waals surface area contributed by atoms with E-state index in [9.17, 15) is 14.4 Å². The Morgan fingerprint density at radius 1 is 1.07 bits per heavy atom. The van der Waals surface area contributed by atoms with Crippen molar-refractivity contribution in [3.05, 3.63) is 82.3 Å². The predicted octanol–water partition coefficient (Wildman–Crippen LogP) is 2.64. The van der Waals surface area contributed by atoms with Gasteiger partial charge in [0.2, 0.25) is 5.91 Å². The first-order chi connectivity index (χ1) is 13.5. The molecule has 0 saturated heterocycles. The van der Waals surface area contributed by atoms with Gasteiger partial charge in [-0.3, -0.25) is 14.2 Å². The minimum absolute atomic E-state index is 0.185. The van der Waals surface area contributed by atoms with Gasteiger partial charge in [-0.25, -0.2) is 9.78 Å². The van der Waals surface area contributed by atoms with E-state index >= 15 is 0 Å². The van der Waals surface area contributed by atoms with E-state index in [1.165, 1.54) is 17.7 Å². The maximum Gasteiger partial charge on any atom is 0.337 e. The quantitative estimate of drug-likeness (QED) is 0.691. The molecular formula is C21H19N3O4. The first-order valence-corrected chi connectivity index (χ1v) is 8.60. The maximum absolute atomic E-state index is 12.5. The number of hydrogen-bond acceptors (Lipinski definition) is 5. The average Bonchev–Trinajstić information content (AvgIpc) is 2.70. The van der Waals surface area contributed by atoms with Crippen LogP contribution in [0.15, 0.2) is 65.5 Å². The molecule has 0 aliphatic heterocycles. The lowest BCUT2D eigenvalue weighted by molar-refractivity contribution is -0.116. The number of benzene rings is 2. The Labute approximate surface area is 161 Å². The molecule has 0 fully saturated rings. The van der Waals surface area contributed by atoms with Gasteiger partial charge in [0.05, 0.1) is 12.7 Å². The second-order valence-electron chi connectivity index (χ2n) is 6.13. The number of anilines is 1. The largest absolute Gasteiger partial charge is 0.465 e. The molecule has 3 aromatic rings. The van der Waals surface area contributed by atoms with E-state index in [4.69, 9.17) is 0 Å². The second-order valence-corrected chi connectivity index (χ2v) is 6.13. The minimum Gasteiger partial charge on any atom is -0.465 e. The molecule has 0 spiro atoms. The summed E-state index contributed by atoms with van der Waals surface area (Å²) < 4.78 is 5.98. The third kappa shape index (κ3) is 4.32. The number of amides is 1. The summed E-state index contributed by atoms with van der Waals surface area (Å²) in [5, 5.41) is 2.72. The highest BCUT2D eigenvalue weighted by molar-refractivity contribution is 5.93. The Bertz CT molecular complexity index is 1060. The summed E-state index contributed by atoms with van der Waals surface area (Å²) in [7, 11) is 1.30. The molecule has 2 aromatic carbocycles. The van der Waals surface area contributed by atoms with Crippen LogP contribution in [0.3, 0.4) is 0 Å². The molecule has 0 atom stereocenters. The van der Waals surface area contributed by atoms with Crippen LogP contribution < -0.4 is 10.9 Å². The van der Waals surface area contributed by atoms with Crippen molar-refractivity contribution in [2.24, 2.45) is 0 Å². The number of methoxy groups -OCH3 is 1. The molecule has 0 unspecified atom stereocenters. The van der Waals surface area contributed by atoms with Crippen LogP contribution in [0.2, 0.25) is 0 Å². The number of nitrogens with zero attached hydrogens (tertiary/aromatic N) is 2. The highest BCUT2D eigenvalue weighted by Gasteiger charge is 2.13. The Kier molecular flexibility index (Phi) is 5.64. The summed E-state index contributed by atoms with van der Waals surface area (Å²) >= 11 is 0. The molecule has 1 heterocycles. The third-order valence-corrected chi connectivity index (χ3v) is 4.06. The van der Waals surface area contributed by atoms with Gasteiger partial charge in [0.1, 0.15) is 12.4 Å². The Balaban J connectivity index is 1.83.